The van der Waals surface area contributed by atoms with Crippen molar-refractivity contribution >= 4 is 17.2 Å². The molecule has 0 saturated heterocycles. The molecule has 0 atom stereocenters. The second kappa shape index (κ2) is 7.07. The second-order valence-electron chi connectivity index (χ2n) is 4.43. The van der Waals surface area contributed by atoms with E-state index in [0.717, 1.165) is 30.8 Å². The molecule has 0 spiro atoms. The molecule has 0 saturated carbocycles. The van der Waals surface area contributed by atoms with Crippen molar-refractivity contribution in [1.29, 1.82) is 0 Å². The lowest BCUT2D eigenvalue weighted by molar-refractivity contribution is 0.100. The Bertz CT molecular complexity index is 522. The van der Waals surface area contributed by atoms with Gasteiger partial charge < -0.3 is 11.1 Å². The zero-order valence-corrected chi connectivity index (χ0v) is 11.6. The normalized spacial score (nSPS) is 10.5. The molecule has 0 bridgehead atoms. The van der Waals surface area contributed by atoms with Gasteiger partial charge in [0.25, 0.3) is 0 Å². The lowest BCUT2D eigenvalue weighted by Gasteiger charge is -2.03. The van der Waals surface area contributed by atoms with Crippen LogP contribution in [0.1, 0.15) is 27.2 Å². The van der Waals surface area contributed by atoms with Crippen LogP contribution < -0.4 is 11.1 Å². The molecule has 100 valence electrons. The Morgan fingerprint density at radius 2 is 2.05 bits per heavy atom. The highest BCUT2D eigenvalue weighted by molar-refractivity contribution is 7.10. The first kappa shape index (κ1) is 13.8. The van der Waals surface area contributed by atoms with Gasteiger partial charge in [-0.15, -0.1) is 11.3 Å². The Kier molecular flexibility index (Phi) is 5.12. The number of aryl methyl sites for hydroxylation is 1. The summed E-state index contributed by atoms with van der Waals surface area (Å²) in [5, 5.41) is 5.19. The fraction of sp³-hybridized carbons (Fsp3) is 0.267. The molecule has 3 N–H and O–H groups in total. The topological polar surface area (TPSA) is 55.1 Å². The van der Waals surface area contributed by atoms with Crippen LogP contribution in [0.4, 0.5) is 0 Å². The van der Waals surface area contributed by atoms with Gasteiger partial charge in [-0.05, 0) is 31.0 Å². The van der Waals surface area contributed by atoms with Crippen LogP contribution in [-0.4, -0.2) is 12.5 Å². The molecule has 0 aliphatic heterocycles. The number of hydrogen-bond acceptors (Lipinski definition) is 3. The van der Waals surface area contributed by atoms with E-state index in [-0.39, 0.29) is 5.91 Å². The number of rotatable bonds is 7. The van der Waals surface area contributed by atoms with Gasteiger partial charge in [-0.3, -0.25) is 4.79 Å². The molecule has 0 aliphatic carbocycles. The molecular formula is C15H18N2OS. The van der Waals surface area contributed by atoms with Crippen molar-refractivity contribution in [3.63, 3.8) is 0 Å². The maximum absolute atomic E-state index is 11.0. The first-order valence-corrected chi connectivity index (χ1v) is 7.25. The zero-order chi connectivity index (χ0) is 13.5. The van der Waals surface area contributed by atoms with Gasteiger partial charge in [-0.2, -0.15) is 0 Å². The Labute approximate surface area is 117 Å². The highest BCUT2D eigenvalue weighted by atomic mass is 32.1. The molecule has 0 aliphatic rings. The molecule has 2 rings (SSSR count). The van der Waals surface area contributed by atoms with E-state index in [1.54, 1.807) is 11.3 Å². The molecule has 0 unspecified atom stereocenters. The molecular weight excluding hydrogens is 256 g/mol. The molecule has 19 heavy (non-hydrogen) atoms. The number of nitrogens with two attached hydrogens (primary N) is 1. The van der Waals surface area contributed by atoms with Gasteiger partial charge in [-0.1, -0.05) is 30.3 Å². The van der Waals surface area contributed by atoms with Crippen molar-refractivity contribution in [2.75, 3.05) is 6.54 Å². The zero-order valence-electron chi connectivity index (χ0n) is 10.8. The third kappa shape index (κ3) is 4.50. The van der Waals surface area contributed by atoms with Crippen LogP contribution in [0.15, 0.2) is 41.8 Å². The summed E-state index contributed by atoms with van der Waals surface area (Å²) in [5.74, 6) is -0.355. The average Bonchev–Trinajstić information content (AvgIpc) is 2.89. The van der Waals surface area contributed by atoms with Crippen molar-refractivity contribution in [1.82, 2.24) is 5.32 Å². The fourth-order valence-corrected chi connectivity index (χ4v) is 2.72. The summed E-state index contributed by atoms with van der Waals surface area (Å²) in [6.45, 7) is 1.77. The first-order chi connectivity index (χ1) is 9.25. The lowest BCUT2D eigenvalue weighted by Crippen LogP contribution is -2.14. The van der Waals surface area contributed by atoms with Crippen molar-refractivity contribution < 1.29 is 4.79 Å². The Morgan fingerprint density at radius 3 is 2.74 bits per heavy atom. The predicted octanol–water partition coefficient (Wildman–Crippen LogP) is 2.57. The van der Waals surface area contributed by atoms with Crippen molar-refractivity contribution in [3.05, 3.63) is 57.8 Å². The monoisotopic (exact) mass is 274 g/mol. The van der Waals surface area contributed by atoms with E-state index in [4.69, 9.17) is 5.73 Å². The highest BCUT2D eigenvalue weighted by Gasteiger charge is 2.03. The van der Waals surface area contributed by atoms with E-state index < -0.39 is 0 Å². The van der Waals surface area contributed by atoms with E-state index in [9.17, 15) is 4.79 Å². The average molecular weight is 274 g/mol. The number of carbonyl (C=O) groups excluding carboxylic acids is 1. The maximum Gasteiger partial charge on any atom is 0.249 e. The van der Waals surface area contributed by atoms with Crippen LogP contribution in [0, 0.1) is 0 Å². The van der Waals surface area contributed by atoms with Gasteiger partial charge in [-0.25, -0.2) is 0 Å². The number of benzene rings is 1. The van der Waals surface area contributed by atoms with Gasteiger partial charge in [0.05, 0.1) is 5.56 Å². The molecule has 0 radical (unpaired) electrons. The first-order valence-electron chi connectivity index (χ1n) is 6.37. The predicted molar refractivity (Wildman–Crippen MR) is 79.3 cm³/mol. The summed E-state index contributed by atoms with van der Waals surface area (Å²) in [7, 11) is 0. The molecule has 0 fully saturated rings. The minimum absolute atomic E-state index is 0.355. The minimum atomic E-state index is -0.355. The number of hydrogen-bond donors (Lipinski definition) is 2. The van der Waals surface area contributed by atoms with Crippen LogP contribution in [0.25, 0.3) is 0 Å². The smallest absolute Gasteiger partial charge is 0.249 e. The molecule has 1 heterocycles. The minimum Gasteiger partial charge on any atom is -0.366 e. The van der Waals surface area contributed by atoms with Crippen molar-refractivity contribution in [3.8, 4) is 0 Å². The van der Waals surface area contributed by atoms with Crippen LogP contribution in [0.3, 0.4) is 0 Å². The van der Waals surface area contributed by atoms with Gasteiger partial charge in [0.2, 0.25) is 5.91 Å². The van der Waals surface area contributed by atoms with E-state index in [0.29, 0.717) is 5.56 Å². The molecule has 1 amide bonds. The summed E-state index contributed by atoms with van der Waals surface area (Å²) in [6, 6.07) is 12.3. The standard InChI is InChI=1S/C15H18N2OS/c16-15(18)13-9-14(19-11-13)10-17-8-4-7-12-5-2-1-3-6-12/h1-3,5-6,9,11,17H,4,7-8,10H2,(H2,16,18). The van der Waals surface area contributed by atoms with E-state index in [2.05, 4.69) is 29.6 Å². The van der Waals surface area contributed by atoms with Crippen LogP contribution in [0.2, 0.25) is 0 Å². The molecule has 3 nitrogen and oxygen atoms in total. The van der Waals surface area contributed by atoms with Crippen molar-refractivity contribution in [2.45, 2.75) is 19.4 Å². The third-order valence-electron chi connectivity index (χ3n) is 2.90. The SMILES string of the molecule is NC(=O)c1csc(CNCCCc2ccccc2)c1. The Hall–Kier alpha value is -1.65. The van der Waals surface area contributed by atoms with Gasteiger partial charge >= 0.3 is 0 Å². The molecule has 1 aromatic heterocycles. The number of nitrogens with one attached hydrogen (secondary N) is 1. The summed E-state index contributed by atoms with van der Waals surface area (Å²) < 4.78 is 0. The second-order valence-corrected chi connectivity index (χ2v) is 5.43. The summed E-state index contributed by atoms with van der Waals surface area (Å²) in [4.78, 5) is 12.1. The summed E-state index contributed by atoms with van der Waals surface area (Å²) >= 11 is 1.57. The number of amides is 1. The number of primary amides is 1. The summed E-state index contributed by atoms with van der Waals surface area (Å²) in [6.07, 6.45) is 2.20. The third-order valence-corrected chi connectivity index (χ3v) is 3.84. The van der Waals surface area contributed by atoms with E-state index >= 15 is 0 Å². The largest absolute Gasteiger partial charge is 0.366 e. The molecule has 1 aromatic carbocycles. The number of carbonyl (C=O) groups is 1. The van der Waals surface area contributed by atoms with Crippen molar-refractivity contribution in [2.24, 2.45) is 5.73 Å². The Balaban J connectivity index is 1.65. The van der Waals surface area contributed by atoms with E-state index in [1.807, 2.05) is 17.5 Å². The van der Waals surface area contributed by atoms with Gasteiger partial charge in [0.1, 0.15) is 0 Å². The summed E-state index contributed by atoms with van der Waals surface area (Å²) in [5.41, 5.74) is 7.19. The maximum atomic E-state index is 11.0. The van der Waals surface area contributed by atoms with Crippen LogP contribution in [-0.2, 0) is 13.0 Å². The number of thiophene rings is 1. The molecule has 4 heteroatoms. The quantitative estimate of drug-likeness (QED) is 0.762. The lowest BCUT2D eigenvalue weighted by atomic mass is 10.1. The van der Waals surface area contributed by atoms with Gasteiger partial charge in [0, 0.05) is 16.8 Å². The van der Waals surface area contributed by atoms with Crippen LogP contribution >= 0.6 is 11.3 Å². The Morgan fingerprint density at radius 1 is 1.26 bits per heavy atom. The van der Waals surface area contributed by atoms with E-state index in [1.165, 1.54) is 5.56 Å². The van der Waals surface area contributed by atoms with Crippen LogP contribution in [0.5, 0.6) is 0 Å². The highest BCUT2D eigenvalue weighted by Crippen LogP contribution is 2.13. The fourth-order valence-electron chi connectivity index (χ4n) is 1.88. The van der Waals surface area contributed by atoms with Gasteiger partial charge in [0.15, 0.2) is 0 Å². The molecule has 2 aromatic rings.